The Bertz CT molecular complexity index is 1260. The Morgan fingerprint density at radius 2 is 1.82 bits per heavy atom. The summed E-state index contributed by atoms with van der Waals surface area (Å²) >= 11 is 0. The number of para-hydroxylation sites is 1. The minimum atomic E-state index is -4.47. The average molecular weight is 468 g/mol. The van der Waals surface area contributed by atoms with Crippen molar-refractivity contribution < 1.29 is 18.0 Å². The molecule has 0 aliphatic rings. The molecule has 0 radical (unpaired) electrons. The zero-order chi connectivity index (χ0) is 24.3. The number of benzene rings is 1. The van der Waals surface area contributed by atoms with Gasteiger partial charge in [0.15, 0.2) is 5.82 Å². The van der Waals surface area contributed by atoms with Gasteiger partial charge in [-0.1, -0.05) is 32.0 Å². The third-order valence-corrected chi connectivity index (χ3v) is 5.22. The molecule has 1 N–H and O–H groups in total. The first-order valence-corrected chi connectivity index (χ1v) is 10.7. The molecule has 0 spiro atoms. The van der Waals surface area contributed by atoms with Crippen LogP contribution in [-0.4, -0.2) is 37.0 Å². The summed E-state index contributed by atoms with van der Waals surface area (Å²) in [5.41, 5.74) is 1.85. The fourth-order valence-electron chi connectivity index (χ4n) is 3.57. The number of hydrogen-bond acceptors (Lipinski definition) is 4. The monoisotopic (exact) mass is 468 g/mol. The smallest absolute Gasteiger partial charge is 0.352 e. The van der Waals surface area contributed by atoms with E-state index in [1.54, 1.807) is 4.68 Å². The van der Waals surface area contributed by atoms with E-state index in [1.807, 2.05) is 56.4 Å². The van der Waals surface area contributed by atoms with Gasteiger partial charge < -0.3 is 5.32 Å². The quantitative estimate of drug-likeness (QED) is 0.431. The number of nitrogens with zero attached hydrogens (tertiary/aromatic N) is 5. The molecule has 7 nitrogen and oxygen atoms in total. The highest BCUT2D eigenvalue weighted by atomic mass is 19.4. The van der Waals surface area contributed by atoms with Gasteiger partial charge in [0.1, 0.15) is 0 Å². The summed E-state index contributed by atoms with van der Waals surface area (Å²) in [4.78, 5) is 16.8. The van der Waals surface area contributed by atoms with Crippen molar-refractivity contribution in [2.45, 2.75) is 32.4 Å². The van der Waals surface area contributed by atoms with Crippen LogP contribution in [0.2, 0.25) is 0 Å². The maximum atomic E-state index is 12.9. The molecule has 0 atom stereocenters. The summed E-state index contributed by atoms with van der Waals surface area (Å²) in [6, 6.07) is 13.8. The maximum Gasteiger partial charge on any atom is 0.417 e. The first-order valence-electron chi connectivity index (χ1n) is 10.7. The molecule has 3 heterocycles. The Hall–Kier alpha value is -3.95. The molecule has 0 saturated heterocycles. The van der Waals surface area contributed by atoms with Gasteiger partial charge in [-0.25, -0.2) is 14.3 Å². The van der Waals surface area contributed by atoms with E-state index < -0.39 is 11.7 Å². The van der Waals surface area contributed by atoms with Gasteiger partial charge in [-0.2, -0.15) is 23.4 Å². The summed E-state index contributed by atoms with van der Waals surface area (Å²) < 4.78 is 41.7. The van der Waals surface area contributed by atoms with Crippen LogP contribution in [0.4, 0.5) is 13.2 Å². The van der Waals surface area contributed by atoms with Gasteiger partial charge in [-0.05, 0) is 36.2 Å². The third-order valence-electron chi connectivity index (χ3n) is 5.22. The fraction of sp³-hybridized carbons (Fsp3) is 0.250. The third kappa shape index (κ3) is 5.00. The zero-order valence-corrected chi connectivity index (χ0v) is 18.6. The molecule has 0 bridgehead atoms. The molecule has 0 aliphatic heterocycles. The number of nitrogens with one attached hydrogen (secondary N) is 1. The summed E-state index contributed by atoms with van der Waals surface area (Å²) in [5.74, 6) is -0.222. The van der Waals surface area contributed by atoms with E-state index in [1.165, 1.54) is 16.9 Å². The average Bonchev–Trinajstić information content (AvgIpc) is 3.47. The van der Waals surface area contributed by atoms with Crippen LogP contribution >= 0.6 is 0 Å². The van der Waals surface area contributed by atoms with Crippen molar-refractivity contribution >= 4 is 5.91 Å². The number of aromatic nitrogens is 5. The Labute approximate surface area is 194 Å². The lowest BCUT2D eigenvalue weighted by atomic mass is 10.1. The van der Waals surface area contributed by atoms with Crippen molar-refractivity contribution in [3.05, 3.63) is 89.6 Å². The molecule has 0 saturated carbocycles. The Balaban J connectivity index is 1.44. The van der Waals surface area contributed by atoms with E-state index in [0.29, 0.717) is 24.2 Å². The molecule has 1 aromatic carbocycles. The van der Waals surface area contributed by atoms with Gasteiger partial charge in [0.05, 0.1) is 34.4 Å². The summed E-state index contributed by atoms with van der Waals surface area (Å²) in [7, 11) is 0. The second-order valence-corrected chi connectivity index (χ2v) is 8.01. The Kier molecular flexibility index (Phi) is 6.49. The first-order chi connectivity index (χ1) is 16.2. The standard InChI is InChI=1S/C24H23F3N6O/c1-16(2)22-20(15-30-33(22)21-9-8-17(14-29-21)24(25,26)27)23(34)28-12-10-18-11-13-32(31-18)19-6-4-3-5-7-19/h3-9,11,13-16H,10,12H2,1-2H3,(H,28,34). The Morgan fingerprint density at radius 3 is 2.47 bits per heavy atom. The number of rotatable bonds is 7. The van der Waals surface area contributed by atoms with E-state index in [4.69, 9.17) is 0 Å². The first kappa shape index (κ1) is 23.2. The van der Waals surface area contributed by atoms with Gasteiger partial charge >= 0.3 is 6.18 Å². The highest BCUT2D eigenvalue weighted by Crippen LogP contribution is 2.29. The van der Waals surface area contributed by atoms with Gasteiger partial charge in [0.25, 0.3) is 5.91 Å². The molecular formula is C24H23F3N6O. The van der Waals surface area contributed by atoms with Gasteiger partial charge in [0.2, 0.25) is 0 Å². The fourth-order valence-corrected chi connectivity index (χ4v) is 3.57. The summed E-state index contributed by atoms with van der Waals surface area (Å²) in [5, 5.41) is 11.6. The van der Waals surface area contributed by atoms with Gasteiger partial charge in [0, 0.05) is 25.4 Å². The Morgan fingerprint density at radius 1 is 1.06 bits per heavy atom. The van der Waals surface area contributed by atoms with E-state index in [0.717, 1.165) is 23.6 Å². The number of carbonyl (C=O) groups excluding carboxylic acids is 1. The number of alkyl halides is 3. The zero-order valence-electron chi connectivity index (χ0n) is 18.6. The predicted molar refractivity (Wildman–Crippen MR) is 120 cm³/mol. The summed E-state index contributed by atoms with van der Waals surface area (Å²) in [6.45, 7) is 4.13. The second-order valence-electron chi connectivity index (χ2n) is 8.01. The molecule has 4 rings (SSSR count). The van der Waals surface area contributed by atoms with Crippen LogP contribution in [0.25, 0.3) is 11.5 Å². The predicted octanol–water partition coefficient (Wildman–Crippen LogP) is 4.57. The molecule has 1 amide bonds. The van der Waals surface area contributed by atoms with E-state index in [9.17, 15) is 18.0 Å². The highest BCUT2D eigenvalue weighted by Gasteiger charge is 2.31. The lowest BCUT2D eigenvalue weighted by Crippen LogP contribution is -2.27. The van der Waals surface area contributed by atoms with E-state index >= 15 is 0 Å². The molecule has 10 heteroatoms. The molecule has 0 aliphatic carbocycles. The van der Waals surface area contributed by atoms with Gasteiger partial charge in [-0.15, -0.1) is 0 Å². The van der Waals surface area contributed by atoms with Gasteiger partial charge in [-0.3, -0.25) is 4.79 Å². The molecule has 0 fully saturated rings. The van der Waals surface area contributed by atoms with Crippen LogP contribution in [0, 0.1) is 0 Å². The molecule has 0 unspecified atom stereocenters. The molecule has 176 valence electrons. The molecular weight excluding hydrogens is 445 g/mol. The van der Waals surface area contributed by atoms with Crippen molar-refractivity contribution in [2.24, 2.45) is 0 Å². The van der Waals surface area contributed by atoms with Crippen LogP contribution < -0.4 is 5.32 Å². The van der Waals surface area contributed by atoms with Crippen molar-refractivity contribution in [1.82, 2.24) is 29.9 Å². The topological polar surface area (TPSA) is 77.6 Å². The minimum Gasteiger partial charge on any atom is -0.352 e. The van der Waals surface area contributed by atoms with Crippen molar-refractivity contribution in [2.75, 3.05) is 6.54 Å². The minimum absolute atomic E-state index is 0.117. The second kappa shape index (κ2) is 9.50. The maximum absolute atomic E-state index is 12.9. The van der Waals surface area contributed by atoms with Crippen LogP contribution in [0.3, 0.4) is 0 Å². The number of pyridine rings is 1. The molecule has 4 aromatic rings. The van der Waals surface area contributed by atoms with Crippen LogP contribution in [0.5, 0.6) is 0 Å². The lowest BCUT2D eigenvalue weighted by Gasteiger charge is -2.13. The van der Waals surface area contributed by atoms with Crippen LogP contribution in [0.1, 0.15) is 47.1 Å². The number of hydrogen-bond donors (Lipinski definition) is 1. The van der Waals surface area contributed by atoms with E-state index in [-0.39, 0.29) is 17.6 Å². The van der Waals surface area contributed by atoms with Crippen molar-refractivity contribution in [3.8, 4) is 11.5 Å². The largest absolute Gasteiger partial charge is 0.417 e. The lowest BCUT2D eigenvalue weighted by molar-refractivity contribution is -0.137. The molecule has 34 heavy (non-hydrogen) atoms. The van der Waals surface area contributed by atoms with E-state index in [2.05, 4.69) is 20.5 Å². The number of carbonyl (C=O) groups is 1. The van der Waals surface area contributed by atoms with Crippen LogP contribution in [0.15, 0.2) is 67.1 Å². The number of amides is 1. The SMILES string of the molecule is CC(C)c1c(C(=O)NCCc2ccn(-c3ccccc3)n2)cnn1-c1ccc(C(F)(F)F)cn1. The van der Waals surface area contributed by atoms with Crippen molar-refractivity contribution in [1.29, 1.82) is 0 Å². The normalized spacial score (nSPS) is 11.7. The number of halogens is 3. The summed E-state index contributed by atoms with van der Waals surface area (Å²) in [6.07, 6.45) is 0.101. The van der Waals surface area contributed by atoms with Crippen LogP contribution in [-0.2, 0) is 12.6 Å². The van der Waals surface area contributed by atoms with Crippen molar-refractivity contribution in [3.63, 3.8) is 0 Å². The molecule has 3 aromatic heterocycles. The highest BCUT2D eigenvalue weighted by molar-refractivity contribution is 5.95.